The molecule has 0 saturated heterocycles. The topological polar surface area (TPSA) is 101 Å². The second-order valence-electron chi connectivity index (χ2n) is 11.9. The summed E-state index contributed by atoms with van der Waals surface area (Å²) in [4.78, 5) is 49.2. The Labute approximate surface area is 282 Å². The summed E-state index contributed by atoms with van der Waals surface area (Å²) in [6, 6.07) is 11.2. The lowest BCUT2D eigenvalue weighted by Crippen LogP contribution is -2.47. The van der Waals surface area contributed by atoms with Gasteiger partial charge in [0.25, 0.3) is 5.56 Å². The third-order valence-electron chi connectivity index (χ3n) is 8.39. The summed E-state index contributed by atoms with van der Waals surface area (Å²) in [5.41, 5.74) is 3.05. The van der Waals surface area contributed by atoms with Gasteiger partial charge in [-0.05, 0) is 82.5 Å². The number of fused-ring (bicyclic) bond motifs is 2. The summed E-state index contributed by atoms with van der Waals surface area (Å²) in [5.74, 6) is 0.895. The molecule has 2 amide bonds. The average molecular weight is 673 g/mol. The minimum atomic E-state index is -1.16. The van der Waals surface area contributed by atoms with Crippen molar-refractivity contribution in [2.24, 2.45) is 5.41 Å². The van der Waals surface area contributed by atoms with Crippen LogP contribution in [-0.2, 0) is 22.7 Å². The van der Waals surface area contributed by atoms with E-state index in [0.29, 0.717) is 54.3 Å². The molecule has 0 saturated carbocycles. The van der Waals surface area contributed by atoms with Gasteiger partial charge in [-0.3, -0.25) is 24.3 Å². The van der Waals surface area contributed by atoms with Crippen molar-refractivity contribution < 1.29 is 18.7 Å². The first-order chi connectivity index (χ1) is 21.0. The molecular formula is C34H43Cl2N5O5. The standard InChI is InChI=1S/C34H41N5O5.2ClH/c1-7-39-28-10-9-26(20-29(28)36(6)32(41)34(4,5)33(39)42)43-18-8-14-37(22-25-11-13-35-21-23(25)2)16-17-38-15-12-30-27(31(38)40)19-24(3)44-30;;/h9-13,15,19-21H,7-8,14,16-18,22H2,1-6H3;2*1H. The number of nitrogens with zero attached hydrogens (tertiary/aromatic N) is 5. The lowest BCUT2D eigenvalue weighted by atomic mass is 9.90. The van der Waals surface area contributed by atoms with Crippen LogP contribution in [0.5, 0.6) is 5.75 Å². The van der Waals surface area contributed by atoms with Crippen LogP contribution in [0.15, 0.2) is 64.2 Å². The zero-order chi connectivity index (χ0) is 31.6. The summed E-state index contributed by atoms with van der Waals surface area (Å²) in [5, 5.41) is 0.595. The number of halogens is 2. The Balaban J connectivity index is 0.00000288. The lowest BCUT2D eigenvalue weighted by Gasteiger charge is -2.27. The fraction of sp³-hybridized carbons (Fsp3) is 0.412. The van der Waals surface area contributed by atoms with Crippen molar-refractivity contribution in [3.63, 3.8) is 0 Å². The van der Waals surface area contributed by atoms with Gasteiger partial charge in [-0.15, -0.1) is 24.8 Å². The molecule has 0 unspecified atom stereocenters. The number of amides is 2. The van der Waals surface area contributed by atoms with Crippen LogP contribution in [0.25, 0.3) is 11.0 Å². The van der Waals surface area contributed by atoms with Gasteiger partial charge in [-0.25, -0.2) is 0 Å². The summed E-state index contributed by atoms with van der Waals surface area (Å²) in [6.07, 6.45) is 6.21. The molecule has 46 heavy (non-hydrogen) atoms. The van der Waals surface area contributed by atoms with Gasteiger partial charge in [0, 0.05) is 64.4 Å². The van der Waals surface area contributed by atoms with Crippen LogP contribution in [-0.4, -0.2) is 59.6 Å². The van der Waals surface area contributed by atoms with Gasteiger partial charge >= 0.3 is 0 Å². The van der Waals surface area contributed by atoms with Gasteiger partial charge in [0.1, 0.15) is 22.5 Å². The quantitative estimate of drug-likeness (QED) is 0.147. The molecule has 10 nitrogen and oxygen atoms in total. The van der Waals surface area contributed by atoms with E-state index >= 15 is 0 Å². The molecule has 1 aromatic carbocycles. The Bertz CT molecular complexity index is 1750. The number of aryl methyl sites for hydroxylation is 2. The van der Waals surface area contributed by atoms with Gasteiger partial charge in [0.2, 0.25) is 11.8 Å². The highest BCUT2D eigenvalue weighted by molar-refractivity contribution is 6.20. The van der Waals surface area contributed by atoms with Crippen LogP contribution in [0.3, 0.4) is 0 Å². The SMILES string of the molecule is CCN1C(=O)C(C)(C)C(=O)N(C)c2cc(OCCCN(CCn3ccc4oc(C)cc4c3=O)Cc3ccncc3C)ccc21.Cl.Cl. The van der Waals surface area contributed by atoms with E-state index in [9.17, 15) is 14.4 Å². The van der Waals surface area contributed by atoms with Crippen LogP contribution in [0.1, 0.15) is 44.1 Å². The second-order valence-corrected chi connectivity index (χ2v) is 11.9. The molecule has 3 aromatic heterocycles. The number of anilines is 2. The number of rotatable bonds is 11. The third-order valence-corrected chi connectivity index (χ3v) is 8.39. The molecular weight excluding hydrogens is 629 g/mol. The van der Waals surface area contributed by atoms with E-state index in [0.717, 1.165) is 30.8 Å². The monoisotopic (exact) mass is 671 g/mol. The van der Waals surface area contributed by atoms with Crippen molar-refractivity contribution in [1.29, 1.82) is 0 Å². The molecule has 4 aromatic rings. The van der Waals surface area contributed by atoms with Crippen LogP contribution in [0, 0.1) is 19.3 Å². The molecule has 0 aliphatic carbocycles. The Morgan fingerprint density at radius 1 is 0.978 bits per heavy atom. The van der Waals surface area contributed by atoms with Gasteiger partial charge in [0.15, 0.2) is 0 Å². The fourth-order valence-corrected chi connectivity index (χ4v) is 5.77. The number of hydrogen-bond donors (Lipinski definition) is 0. The number of pyridine rings is 2. The normalized spacial score (nSPS) is 14.2. The smallest absolute Gasteiger partial charge is 0.261 e. The van der Waals surface area contributed by atoms with Crippen molar-refractivity contribution >= 4 is 59.0 Å². The highest BCUT2D eigenvalue weighted by Crippen LogP contribution is 2.40. The van der Waals surface area contributed by atoms with Crippen molar-refractivity contribution in [1.82, 2.24) is 14.5 Å². The number of furan rings is 1. The van der Waals surface area contributed by atoms with Crippen LogP contribution >= 0.6 is 24.8 Å². The maximum Gasteiger partial charge on any atom is 0.261 e. The molecule has 0 spiro atoms. The molecule has 0 N–H and O–H groups in total. The van der Waals surface area contributed by atoms with E-state index in [-0.39, 0.29) is 42.2 Å². The summed E-state index contributed by atoms with van der Waals surface area (Å²) >= 11 is 0. The Kier molecular flexibility index (Phi) is 12.1. The number of ether oxygens (including phenoxy) is 1. The van der Waals surface area contributed by atoms with E-state index in [4.69, 9.17) is 9.15 Å². The first-order valence-corrected chi connectivity index (χ1v) is 15.1. The van der Waals surface area contributed by atoms with Gasteiger partial charge in [-0.1, -0.05) is 0 Å². The van der Waals surface area contributed by atoms with E-state index in [1.54, 1.807) is 53.7 Å². The average Bonchev–Trinajstić information content (AvgIpc) is 3.38. The van der Waals surface area contributed by atoms with E-state index in [1.165, 1.54) is 5.56 Å². The molecule has 1 aliphatic rings. The fourth-order valence-electron chi connectivity index (χ4n) is 5.77. The van der Waals surface area contributed by atoms with Crippen molar-refractivity contribution in [2.75, 3.05) is 43.1 Å². The molecule has 1 aliphatic heterocycles. The predicted molar refractivity (Wildman–Crippen MR) is 186 cm³/mol. The minimum Gasteiger partial charge on any atom is -0.493 e. The number of carbonyl (C=O) groups excluding carboxylic acids is 2. The first kappa shape index (κ1) is 36.6. The maximum atomic E-state index is 13.2. The largest absolute Gasteiger partial charge is 0.493 e. The van der Waals surface area contributed by atoms with Crippen molar-refractivity contribution in [3.05, 3.63) is 82.2 Å². The highest BCUT2D eigenvalue weighted by atomic mass is 35.5. The van der Waals surface area contributed by atoms with Gasteiger partial charge in [0.05, 0.1) is 23.4 Å². The molecule has 248 valence electrons. The third kappa shape index (κ3) is 7.40. The Morgan fingerprint density at radius 2 is 1.74 bits per heavy atom. The second kappa shape index (κ2) is 15.2. The molecule has 5 rings (SSSR count). The summed E-state index contributed by atoms with van der Waals surface area (Å²) in [7, 11) is 1.70. The van der Waals surface area contributed by atoms with E-state index in [1.807, 2.05) is 50.4 Å². The predicted octanol–water partition coefficient (Wildman–Crippen LogP) is 5.78. The van der Waals surface area contributed by atoms with Gasteiger partial charge in [-0.2, -0.15) is 0 Å². The highest BCUT2D eigenvalue weighted by Gasteiger charge is 2.45. The van der Waals surface area contributed by atoms with Crippen molar-refractivity contribution in [3.8, 4) is 5.75 Å². The van der Waals surface area contributed by atoms with Crippen LogP contribution < -0.4 is 20.1 Å². The zero-order valence-corrected chi connectivity index (χ0v) is 28.9. The van der Waals surface area contributed by atoms with E-state index < -0.39 is 5.41 Å². The lowest BCUT2D eigenvalue weighted by molar-refractivity contribution is -0.137. The Morgan fingerprint density at radius 3 is 2.46 bits per heavy atom. The van der Waals surface area contributed by atoms with Crippen molar-refractivity contribution in [2.45, 2.75) is 54.1 Å². The molecule has 4 heterocycles. The van der Waals surface area contributed by atoms with Crippen LogP contribution in [0.2, 0.25) is 0 Å². The number of aromatic nitrogens is 2. The zero-order valence-electron chi connectivity index (χ0n) is 27.2. The maximum absolute atomic E-state index is 13.2. The van der Waals surface area contributed by atoms with Gasteiger partial charge < -0.3 is 23.5 Å². The molecule has 0 fully saturated rings. The molecule has 0 radical (unpaired) electrons. The summed E-state index contributed by atoms with van der Waals surface area (Å²) in [6.45, 7) is 12.8. The number of carbonyl (C=O) groups is 2. The first-order valence-electron chi connectivity index (χ1n) is 15.1. The minimum absolute atomic E-state index is 0. The number of benzene rings is 1. The molecule has 0 atom stereocenters. The van der Waals surface area contributed by atoms with Crippen LogP contribution in [0.4, 0.5) is 11.4 Å². The Hall–Kier alpha value is -3.86. The summed E-state index contributed by atoms with van der Waals surface area (Å²) < 4.78 is 13.5. The van der Waals surface area contributed by atoms with E-state index in [2.05, 4.69) is 16.8 Å². The molecule has 12 heteroatoms. The molecule has 0 bridgehead atoms. The number of hydrogen-bond acceptors (Lipinski definition) is 7.